The normalized spacial score (nSPS) is 10.7. The van der Waals surface area contributed by atoms with Gasteiger partial charge in [-0.3, -0.25) is 4.79 Å². The Hall–Kier alpha value is -4.09. The second kappa shape index (κ2) is 11.7. The lowest BCUT2D eigenvalue weighted by molar-refractivity contribution is -0.112. The Morgan fingerprint density at radius 3 is 2.35 bits per heavy atom. The van der Waals surface area contributed by atoms with Crippen LogP contribution in [-0.2, 0) is 16.1 Å². The van der Waals surface area contributed by atoms with E-state index in [2.05, 4.69) is 26.0 Å². The molecule has 0 aliphatic rings. The number of nitriles is 1. The van der Waals surface area contributed by atoms with Crippen molar-refractivity contribution >= 4 is 39.6 Å². The molecule has 1 amide bonds. The summed E-state index contributed by atoms with van der Waals surface area (Å²) in [6.07, 6.45) is 1.45. The molecule has 7 nitrogen and oxygen atoms in total. The van der Waals surface area contributed by atoms with E-state index in [4.69, 9.17) is 9.47 Å². The van der Waals surface area contributed by atoms with Crippen LogP contribution in [0.1, 0.15) is 21.5 Å². The summed E-state index contributed by atoms with van der Waals surface area (Å²) in [7, 11) is 2.83. The minimum absolute atomic E-state index is 0.115. The third-order valence-electron chi connectivity index (χ3n) is 4.76. The number of halogens is 1. The lowest BCUT2D eigenvalue weighted by Crippen LogP contribution is -2.13. The lowest BCUT2D eigenvalue weighted by Gasteiger charge is -2.12. The predicted molar refractivity (Wildman–Crippen MR) is 131 cm³/mol. The van der Waals surface area contributed by atoms with Crippen molar-refractivity contribution in [3.63, 3.8) is 0 Å². The van der Waals surface area contributed by atoms with E-state index in [-0.39, 0.29) is 5.57 Å². The van der Waals surface area contributed by atoms with Crippen LogP contribution in [0.3, 0.4) is 0 Å². The van der Waals surface area contributed by atoms with Gasteiger partial charge in [0.25, 0.3) is 5.91 Å². The van der Waals surface area contributed by atoms with Crippen LogP contribution in [0.2, 0.25) is 0 Å². The number of nitrogens with one attached hydrogen (secondary N) is 1. The lowest BCUT2D eigenvalue weighted by atomic mass is 10.1. The fraction of sp³-hybridized carbons (Fsp3) is 0.115. The number of carbonyl (C=O) groups is 2. The van der Waals surface area contributed by atoms with E-state index in [1.807, 2.05) is 30.3 Å². The van der Waals surface area contributed by atoms with Gasteiger partial charge in [0.15, 0.2) is 0 Å². The second-order valence-electron chi connectivity index (χ2n) is 7.01. The first-order chi connectivity index (χ1) is 16.4. The van der Waals surface area contributed by atoms with Crippen molar-refractivity contribution in [1.82, 2.24) is 0 Å². The summed E-state index contributed by atoms with van der Waals surface area (Å²) < 4.78 is 16.9. The van der Waals surface area contributed by atoms with Crippen molar-refractivity contribution in [1.29, 1.82) is 5.26 Å². The van der Waals surface area contributed by atoms with Crippen molar-refractivity contribution in [3.8, 4) is 17.6 Å². The molecule has 0 aliphatic carbocycles. The Morgan fingerprint density at radius 1 is 1.03 bits per heavy atom. The first-order valence-electron chi connectivity index (χ1n) is 10.1. The molecule has 8 heteroatoms. The molecule has 1 N–H and O–H groups in total. The van der Waals surface area contributed by atoms with Gasteiger partial charge in [-0.15, -0.1) is 0 Å². The molecule has 0 unspecified atom stereocenters. The maximum Gasteiger partial charge on any atom is 0.337 e. The highest BCUT2D eigenvalue weighted by Crippen LogP contribution is 2.28. The van der Waals surface area contributed by atoms with Gasteiger partial charge in [-0.05, 0) is 60.2 Å². The van der Waals surface area contributed by atoms with Crippen LogP contribution in [0.4, 0.5) is 5.69 Å². The number of rotatable bonds is 8. The Bertz CT molecular complexity index is 1250. The Morgan fingerprint density at radius 2 is 1.74 bits per heavy atom. The summed E-state index contributed by atoms with van der Waals surface area (Å²) in [4.78, 5) is 24.3. The number of carbonyl (C=O) groups excluding carboxylic acids is 2. The highest BCUT2D eigenvalue weighted by molar-refractivity contribution is 9.10. The Kier molecular flexibility index (Phi) is 8.43. The fourth-order valence-corrected chi connectivity index (χ4v) is 3.20. The number of esters is 1. The summed E-state index contributed by atoms with van der Waals surface area (Å²) >= 11 is 3.40. The van der Waals surface area contributed by atoms with Crippen molar-refractivity contribution in [2.24, 2.45) is 0 Å². The summed E-state index contributed by atoms with van der Waals surface area (Å²) in [5, 5.41) is 12.3. The molecule has 3 aromatic rings. The molecule has 0 saturated carbocycles. The smallest absolute Gasteiger partial charge is 0.337 e. The Balaban J connectivity index is 1.80. The van der Waals surface area contributed by atoms with Gasteiger partial charge in [0.05, 0.1) is 19.8 Å². The molecular formula is C26H21BrN2O5. The van der Waals surface area contributed by atoms with Crippen molar-refractivity contribution in [2.75, 3.05) is 19.5 Å². The minimum Gasteiger partial charge on any atom is -0.497 e. The van der Waals surface area contributed by atoms with Gasteiger partial charge in [0, 0.05) is 21.8 Å². The van der Waals surface area contributed by atoms with E-state index in [0.717, 1.165) is 10.0 Å². The molecule has 0 saturated heterocycles. The summed E-state index contributed by atoms with van der Waals surface area (Å²) in [5.74, 6) is -0.0319. The zero-order chi connectivity index (χ0) is 24.5. The number of anilines is 1. The van der Waals surface area contributed by atoms with Crippen molar-refractivity contribution in [3.05, 3.63) is 93.5 Å². The summed E-state index contributed by atoms with van der Waals surface area (Å²) in [5.41, 5.74) is 2.17. The third kappa shape index (κ3) is 6.47. The average molecular weight is 521 g/mol. The monoisotopic (exact) mass is 520 g/mol. The molecule has 0 bridgehead atoms. The van der Waals surface area contributed by atoms with Crippen molar-refractivity contribution in [2.45, 2.75) is 6.61 Å². The van der Waals surface area contributed by atoms with Crippen LogP contribution in [0.5, 0.6) is 11.5 Å². The van der Waals surface area contributed by atoms with Crippen LogP contribution in [0.15, 0.2) is 76.8 Å². The fourth-order valence-electron chi connectivity index (χ4n) is 2.94. The van der Waals surface area contributed by atoms with E-state index < -0.39 is 11.9 Å². The standard InChI is InChI=1S/C26H21BrN2O5/c1-32-23-12-7-19(24(14-23)34-16-17-3-8-21(27)9-4-17)13-20(15-28)25(30)29-22-10-5-18(6-11-22)26(31)33-2/h3-14H,16H2,1-2H3,(H,29,30)/b20-13+. The van der Waals surface area contributed by atoms with Gasteiger partial charge in [-0.1, -0.05) is 28.1 Å². The molecule has 3 rings (SSSR count). The zero-order valence-electron chi connectivity index (χ0n) is 18.5. The number of amides is 1. The van der Waals surface area contributed by atoms with Crippen LogP contribution < -0.4 is 14.8 Å². The predicted octanol–water partition coefficient (Wildman–Crippen LogP) is 5.37. The number of benzene rings is 3. The highest BCUT2D eigenvalue weighted by atomic mass is 79.9. The molecule has 0 aromatic heterocycles. The average Bonchev–Trinajstić information content (AvgIpc) is 2.87. The number of nitrogens with zero attached hydrogens (tertiary/aromatic N) is 1. The quantitative estimate of drug-likeness (QED) is 0.243. The third-order valence-corrected chi connectivity index (χ3v) is 5.29. The van der Waals surface area contributed by atoms with Crippen LogP contribution >= 0.6 is 15.9 Å². The van der Waals surface area contributed by atoms with Gasteiger partial charge >= 0.3 is 5.97 Å². The molecule has 0 spiro atoms. The molecule has 0 radical (unpaired) electrons. The summed E-state index contributed by atoms with van der Waals surface area (Å²) in [6, 6.07) is 20.9. The molecule has 172 valence electrons. The number of hydrogen-bond donors (Lipinski definition) is 1. The molecule has 0 heterocycles. The second-order valence-corrected chi connectivity index (χ2v) is 7.93. The maximum absolute atomic E-state index is 12.7. The van der Waals surface area contributed by atoms with E-state index >= 15 is 0 Å². The molecule has 34 heavy (non-hydrogen) atoms. The molecular weight excluding hydrogens is 500 g/mol. The van der Waals surface area contributed by atoms with Crippen LogP contribution in [0, 0.1) is 11.3 Å². The molecule has 0 aliphatic heterocycles. The van der Waals surface area contributed by atoms with E-state index in [9.17, 15) is 14.9 Å². The Labute approximate surface area is 205 Å². The van der Waals surface area contributed by atoms with E-state index in [1.54, 1.807) is 37.4 Å². The van der Waals surface area contributed by atoms with Crippen LogP contribution in [0.25, 0.3) is 6.08 Å². The van der Waals surface area contributed by atoms with Gasteiger partial charge < -0.3 is 19.5 Å². The SMILES string of the molecule is COC(=O)c1ccc(NC(=O)/C(C#N)=C/c2ccc(OC)cc2OCc2ccc(Br)cc2)cc1. The van der Waals surface area contributed by atoms with Crippen molar-refractivity contribution < 1.29 is 23.8 Å². The van der Waals surface area contributed by atoms with Gasteiger partial charge in [0.2, 0.25) is 0 Å². The van der Waals surface area contributed by atoms with E-state index in [0.29, 0.717) is 34.9 Å². The van der Waals surface area contributed by atoms with Crippen LogP contribution in [-0.4, -0.2) is 26.1 Å². The number of methoxy groups -OCH3 is 2. The first kappa shape index (κ1) is 24.6. The van der Waals surface area contributed by atoms with Gasteiger partial charge in [0.1, 0.15) is 29.7 Å². The largest absolute Gasteiger partial charge is 0.497 e. The molecule has 0 atom stereocenters. The first-order valence-corrected chi connectivity index (χ1v) is 10.9. The highest BCUT2D eigenvalue weighted by Gasteiger charge is 2.13. The van der Waals surface area contributed by atoms with Gasteiger partial charge in [-0.25, -0.2) is 4.79 Å². The number of hydrogen-bond acceptors (Lipinski definition) is 6. The molecule has 0 fully saturated rings. The number of ether oxygens (including phenoxy) is 3. The minimum atomic E-state index is -0.594. The maximum atomic E-state index is 12.7. The zero-order valence-corrected chi connectivity index (χ0v) is 20.1. The molecule has 3 aromatic carbocycles. The summed E-state index contributed by atoms with van der Waals surface area (Å²) in [6.45, 7) is 0.294. The van der Waals surface area contributed by atoms with Gasteiger partial charge in [-0.2, -0.15) is 5.26 Å². The van der Waals surface area contributed by atoms with E-state index in [1.165, 1.54) is 25.3 Å². The topological polar surface area (TPSA) is 97.7 Å².